The van der Waals surface area contributed by atoms with Gasteiger partial charge in [0.25, 0.3) is 0 Å². The van der Waals surface area contributed by atoms with Crippen LogP contribution in [0.4, 0.5) is 0 Å². The molecule has 0 radical (unpaired) electrons. The molecule has 2 aromatic carbocycles. The van der Waals surface area contributed by atoms with Crippen molar-refractivity contribution in [2.75, 3.05) is 20.3 Å². The van der Waals surface area contributed by atoms with Gasteiger partial charge in [0.1, 0.15) is 76.7 Å². The maximum absolute atomic E-state index is 12.6. The van der Waals surface area contributed by atoms with Gasteiger partial charge in [0.2, 0.25) is 6.29 Å². The van der Waals surface area contributed by atoms with Gasteiger partial charge in [0, 0.05) is 23.8 Å². The van der Waals surface area contributed by atoms with Crippen LogP contribution in [0, 0.1) is 0 Å². The van der Waals surface area contributed by atoms with Gasteiger partial charge in [-0.2, -0.15) is 0 Å². The Morgan fingerprint density at radius 2 is 1.63 bits per heavy atom. The molecule has 14 heteroatoms. The van der Waals surface area contributed by atoms with Gasteiger partial charge < -0.3 is 63.8 Å². The summed E-state index contributed by atoms with van der Waals surface area (Å²) in [6.07, 6.45) is -13.5. The van der Waals surface area contributed by atoms with Crippen molar-refractivity contribution in [2.24, 2.45) is 0 Å². The van der Waals surface area contributed by atoms with E-state index in [9.17, 15) is 40.5 Å². The van der Waals surface area contributed by atoms with Gasteiger partial charge in [0.15, 0.2) is 11.7 Å². The Morgan fingerprint density at radius 3 is 2.32 bits per heavy atom. The fourth-order valence-electron chi connectivity index (χ4n) is 4.70. The standard InChI is InChI=1S/C27H30O14/c1-36-13-6-14(29)20-15(30)8-17(39-18(20)7-13)11-2-4-12(5-3-11)38-27-24(35)25(22(33)19(9-28)40-27)41-26-23(34)21(32)16(31)10-37-26/h2-8,16,19,21-29,31-35H,9-10H2,1H3. The van der Waals surface area contributed by atoms with E-state index in [1.807, 2.05) is 0 Å². The zero-order chi connectivity index (χ0) is 29.4. The lowest BCUT2D eigenvalue weighted by atomic mass is 9.98. The first kappa shape index (κ1) is 29.2. The van der Waals surface area contributed by atoms with Crippen LogP contribution in [0.5, 0.6) is 17.2 Å². The van der Waals surface area contributed by atoms with E-state index in [-0.39, 0.29) is 34.8 Å². The highest BCUT2D eigenvalue weighted by atomic mass is 16.7. The van der Waals surface area contributed by atoms with Gasteiger partial charge in [-0.3, -0.25) is 4.79 Å². The van der Waals surface area contributed by atoms with Crippen LogP contribution in [0.1, 0.15) is 0 Å². The molecule has 3 aromatic rings. The lowest BCUT2D eigenvalue weighted by molar-refractivity contribution is -0.339. The molecule has 7 N–H and O–H groups in total. The predicted octanol–water partition coefficient (Wildman–Crippen LogP) is -1.18. The third-order valence-corrected chi connectivity index (χ3v) is 6.98. The number of methoxy groups -OCH3 is 1. The van der Waals surface area contributed by atoms with Gasteiger partial charge in [-0.25, -0.2) is 0 Å². The minimum absolute atomic E-state index is 0.00664. The number of ether oxygens (including phenoxy) is 5. The Morgan fingerprint density at radius 1 is 0.902 bits per heavy atom. The number of hydrogen-bond acceptors (Lipinski definition) is 14. The number of hydrogen-bond donors (Lipinski definition) is 7. The molecule has 2 aliphatic rings. The Balaban J connectivity index is 1.34. The number of phenols is 1. The molecule has 1 aromatic heterocycles. The highest BCUT2D eigenvalue weighted by Crippen LogP contribution is 2.33. The minimum atomic E-state index is -1.68. The first-order chi connectivity index (χ1) is 19.6. The Labute approximate surface area is 232 Å². The molecule has 2 saturated heterocycles. The minimum Gasteiger partial charge on any atom is -0.507 e. The molecule has 0 aliphatic carbocycles. The maximum Gasteiger partial charge on any atom is 0.229 e. The topological polar surface area (TPSA) is 218 Å². The molecule has 2 fully saturated rings. The van der Waals surface area contributed by atoms with E-state index in [4.69, 9.17) is 28.1 Å². The van der Waals surface area contributed by atoms with Crippen molar-refractivity contribution < 1.29 is 63.8 Å². The van der Waals surface area contributed by atoms with Crippen molar-refractivity contribution in [1.82, 2.24) is 0 Å². The molecule has 222 valence electrons. The Hall–Kier alpha value is -3.31. The van der Waals surface area contributed by atoms with E-state index in [1.165, 1.54) is 37.4 Å². The summed E-state index contributed by atoms with van der Waals surface area (Å²) in [5.74, 6) is 0.420. The third-order valence-electron chi connectivity index (χ3n) is 6.98. The van der Waals surface area contributed by atoms with Crippen molar-refractivity contribution >= 4 is 11.0 Å². The number of aliphatic hydroxyl groups excluding tert-OH is 6. The summed E-state index contributed by atoms with van der Waals surface area (Å²) in [5, 5.41) is 71.1. The van der Waals surface area contributed by atoms with Crippen LogP contribution >= 0.6 is 0 Å². The number of phenolic OH excluding ortho intramolecular Hbond substituents is 1. The number of fused-ring (bicyclic) bond motifs is 1. The molecule has 0 amide bonds. The quantitative estimate of drug-likeness (QED) is 0.176. The molecule has 41 heavy (non-hydrogen) atoms. The molecular formula is C27H30O14. The van der Waals surface area contributed by atoms with Crippen LogP contribution in [0.25, 0.3) is 22.3 Å². The van der Waals surface area contributed by atoms with E-state index >= 15 is 0 Å². The number of benzene rings is 2. The fraction of sp³-hybridized carbons (Fsp3) is 0.444. The molecule has 14 nitrogen and oxygen atoms in total. The normalized spacial score (nSPS) is 32.1. The third kappa shape index (κ3) is 5.74. The summed E-state index contributed by atoms with van der Waals surface area (Å²) >= 11 is 0. The number of aromatic hydroxyl groups is 1. The summed E-state index contributed by atoms with van der Waals surface area (Å²) in [7, 11) is 1.41. The second-order valence-corrected chi connectivity index (χ2v) is 9.69. The van der Waals surface area contributed by atoms with Crippen molar-refractivity contribution in [3.8, 4) is 28.6 Å². The van der Waals surface area contributed by atoms with Gasteiger partial charge in [-0.1, -0.05) is 0 Å². The van der Waals surface area contributed by atoms with Crippen LogP contribution in [0.15, 0.2) is 51.7 Å². The second-order valence-electron chi connectivity index (χ2n) is 9.69. The summed E-state index contributed by atoms with van der Waals surface area (Å²) in [6, 6.07) is 10.1. The first-order valence-electron chi connectivity index (χ1n) is 12.7. The molecule has 9 unspecified atom stereocenters. The van der Waals surface area contributed by atoms with Crippen LogP contribution in [-0.2, 0) is 14.2 Å². The van der Waals surface area contributed by atoms with E-state index in [0.29, 0.717) is 11.3 Å². The fourth-order valence-corrected chi connectivity index (χ4v) is 4.70. The van der Waals surface area contributed by atoms with E-state index in [1.54, 1.807) is 12.1 Å². The van der Waals surface area contributed by atoms with Gasteiger partial charge >= 0.3 is 0 Å². The van der Waals surface area contributed by atoms with Crippen LogP contribution < -0.4 is 14.9 Å². The maximum atomic E-state index is 12.6. The summed E-state index contributed by atoms with van der Waals surface area (Å²) in [4.78, 5) is 12.6. The van der Waals surface area contributed by atoms with E-state index < -0.39 is 67.3 Å². The molecule has 9 atom stereocenters. The molecule has 0 saturated carbocycles. The number of rotatable bonds is 7. The largest absolute Gasteiger partial charge is 0.507 e. The molecule has 0 bridgehead atoms. The summed E-state index contributed by atoms with van der Waals surface area (Å²) in [5.41, 5.74) is 0.143. The lowest BCUT2D eigenvalue weighted by Gasteiger charge is -2.44. The molecule has 3 heterocycles. The van der Waals surface area contributed by atoms with Crippen molar-refractivity contribution in [2.45, 2.75) is 55.3 Å². The van der Waals surface area contributed by atoms with E-state index in [0.717, 1.165) is 0 Å². The van der Waals surface area contributed by atoms with Gasteiger partial charge in [-0.05, 0) is 24.3 Å². The Bertz CT molecular complexity index is 1410. The van der Waals surface area contributed by atoms with Gasteiger partial charge in [-0.15, -0.1) is 0 Å². The predicted molar refractivity (Wildman–Crippen MR) is 137 cm³/mol. The van der Waals surface area contributed by atoms with Crippen LogP contribution in [0.2, 0.25) is 0 Å². The summed E-state index contributed by atoms with van der Waals surface area (Å²) in [6.45, 7) is -1.02. The van der Waals surface area contributed by atoms with Crippen molar-refractivity contribution in [3.05, 3.63) is 52.7 Å². The molecule has 2 aliphatic heterocycles. The summed E-state index contributed by atoms with van der Waals surface area (Å²) < 4.78 is 33.0. The molecular weight excluding hydrogens is 548 g/mol. The van der Waals surface area contributed by atoms with Gasteiger partial charge in [0.05, 0.1) is 20.3 Å². The molecule has 0 spiro atoms. The Kier molecular flexibility index (Phi) is 8.47. The lowest BCUT2D eigenvalue weighted by Crippen LogP contribution is -2.63. The zero-order valence-corrected chi connectivity index (χ0v) is 21.6. The highest BCUT2D eigenvalue weighted by Gasteiger charge is 2.49. The highest BCUT2D eigenvalue weighted by molar-refractivity contribution is 5.86. The average molecular weight is 579 g/mol. The zero-order valence-electron chi connectivity index (χ0n) is 21.6. The monoisotopic (exact) mass is 578 g/mol. The molecule has 5 rings (SSSR count). The second kappa shape index (κ2) is 11.9. The smallest absolute Gasteiger partial charge is 0.229 e. The number of aliphatic hydroxyl groups is 6. The first-order valence-corrected chi connectivity index (χ1v) is 12.7. The average Bonchev–Trinajstić information content (AvgIpc) is 2.96. The van der Waals surface area contributed by atoms with Crippen molar-refractivity contribution in [1.29, 1.82) is 0 Å². The SMILES string of the molecule is COc1cc(O)c2c(=O)cc(-c3ccc(OC4OC(CO)C(O)C(OC5OCC(O)C(O)C5O)C4O)cc3)oc2c1. The van der Waals surface area contributed by atoms with E-state index in [2.05, 4.69) is 0 Å². The van der Waals surface area contributed by atoms with Crippen LogP contribution in [-0.4, -0.2) is 111 Å². The van der Waals surface area contributed by atoms with Crippen LogP contribution in [0.3, 0.4) is 0 Å². The van der Waals surface area contributed by atoms with Crippen molar-refractivity contribution in [3.63, 3.8) is 0 Å².